The van der Waals surface area contributed by atoms with E-state index >= 15 is 0 Å². The molecule has 0 saturated heterocycles. The van der Waals surface area contributed by atoms with Crippen LogP contribution in [0.25, 0.3) is 0 Å². The molecule has 0 saturated carbocycles. The standard InChI is InChI=1S/C68H116O6/c1-4-7-10-13-16-19-22-25-26-27-28-29-30-31-32-33-34-35-36-37-38-39-40-41-42-44-46-49-52-55-58-61-67(70)73-64-65(63-72-66(69)60-57-54-51-48-45-24-21-18-15-12-9-6-3)74-68(71)62-59-56-53-50-47-43-23-20-17-14-11-8-5-2/h7-8,10-11,16-21,25-26,28-29,43,47,65H,4-6,9,12-15,22-24,27,30-42,44-46,48-64H2,1-3H3/b10-7-,11-8-,19-16-,20-17-,21-18-,26-25-,29-28-,47-43-. The van der Waals surface area contributed by atoms with Crippen molar-refractivity contribution in [2.24, 2.45) is 0 Å². The van der Waals surface area contributed by atoms with Crippen molar-refractivity contribution in [1.82, 2.24) is 0 Å². The average Bonchev–Trinajstić information content (AvgIpc) is 3.40. The Hall–Kier alpha value is -3.67. The molecular formula is C68H116O6. The highest BCUT2D eigenvalue weighted by Gasteiger charge is 2.19. The predicted octanol–water partition coefficient (Wildman–Crippen LogP) is 21.3. The quantitative estimate of drug-likeness (QED) is 0.0261. The second-order valence-corrected chi connectivity index (χ2v) is 20.5. The number of carbonyl (C=O) groups excluding carboxylic acids is 3. The van der Waals surface area contributed by atoms with Crippen molar-refractivity contribution >= 4 is 17.9 Å². The van der Waals surface area contributed by atoms with Gasteiger partial charge in [-0.1, -0.05) is 259 Å². The maximum absolute atomic E-state index is 12.8. The topological polar surface area (TPSA) is 78.9 Å². The molecular weight excluding hydrogens is 913 g/mol. The van der Waals surface area contributed by atoms with Crippen molar-refractivity contribution < 1.29 is 28.6 Å². The van der Waals surface area contributed by atoms with Crippen LogP contribution in [0.4, 0.5) is 0 Å². The Morgan fingerprint density at radius 3 is 0.851 bits per heavy atom. The van der Waals surface area contributed by atoms with Gasteiger partial charge in [0, 0.05) is 19.3 Å². The van der Waals surface area contributed by atoms with Crippen LogP contribution in [0.1, 0.15) is 297 Å². The monoisotopic (exact) mass is 1030 g/mol. The highest BCUT2D eigenvalue weighted by atomic mass is 16.6. The molecule has 0 rings (SSSR count). The van der Waals surface area contributed by atoms with Crippen molar-refractivity contribution in [3.8, 4) is 0 Å². The molecule has 0 N–H and O–H groups in total. The summed E-state index contributed by atoms with van der Waals surface area (Å²) in [6, 6.07) is 0. The fourth-order valence-electron chi connectivity index (χ4n) is 8.68. The molecule has 0 aliphatic rings. The Bertz CT molecular complexity index is 1460. The van der Waals surface area contributed by atoms with Gasteiger partial charge in [-0.3, -0.25) is 14.4 Å². The van der Waals surface area contributed by atoms with Gasteiger partial charge < -0.3 is 14.2 Å². The molecule has 0 heterocycles. The smallest absolute Gasteiger partial charge is 0.306 e. The molecule has 0 amide bonds. The van der Waals surface area contributed by atoms with Crippen LogP contribution >= 0.6 is 0 Å². The van der Waals surface area contributed by atoms with Gasteiger partial charge in [-0.2, -0.15) is 0 Å². The van der Waals surface area contributed by atoms with Gasteiger partial charge in [0.15, 0.2) is 6.10 Å². The van der Waals surface area contributed by atoms with Crippen LogP contribution in [-0.4, -0.2) is 37.2 Å². The molecule has 1 atom stereocenters. The summed E-state index contributed by atoms with van der Waals surface area (Å²) < 4.78 is 16.8. The first-order valence-electron chi connectivity index (χ1n) is 31.2. The first-order chi connectivity index (χ1) is 36.5. The van der Waals surface area contributed by atoms with E-state index in [4.69, 9.17) is 14.2 Å². The third-order valence-electron chi connectivity index (χ3n) is 13.3. The predicted molar refractivity (Wildman–Crippen MR) is 320 cm³/mol. The zero-order valence-electron chi connectivity index (χ0n) is 48.6. The van der Waals surface area contributed by atoms with E-state index < -0.39 is 6.10 Å². The molecule has 424 valence electrons. The van der Waals surface area contributed by atoms with Gasteiger partial charge in [-0.05, 0) is 116 Å². The summed E-state index contributed by atoms with van der Waals surface area (Å²) in [4.78, 5) is 38.1. The first kappa shape index (κ1) is 70.3. The Labute approximate surface area is 457 Å². The van der Waals surface area contributed by atoms with Gasteiger partial charge in [0.05, 0.1) is 0 Å². The first-order valence-corrected chi connectivity index (χ1v) is 31.2. The molecule has 6 nitrogen and oxygen atoms in total. The van der Waals surface area contributed by atoms with Crippen LogP contribution in [0, 0.1) is 0 Å². The molecule has 6 heteroatoms. The van der Waals surface area contributed by atoms with E-state index in [-0.39, 0.29) is 31.1 Å². The number of esters is 3. The minimum atomic E-state index is -0.794. The Kier molecular flexibility index (Phi) is 58.8. The fourth-order valence-corrected chi connectivity index (χ4v) is 8.68. The van der Waals surface area contributed by atoms with E-state index in [0.29, 0.717) is 19.3 Å². The largest absolute Gasteiger partial charge is 0.462 e. The summed E-state index contributed by atoms with van der Waals surface area (Å²) in [6.07, 6.45) is 82.9. The molecule has 1 unspecified atom stereocenters. The van der Waals surface area contributed by atoms with E-state index in [1.54, 1.807) is 0 Å². The lowest BCUT2D eigenvalue weighted by Gasteiger charge is -2.18. The highest BCUT2D eigenvalue weighted by Crippen LogP contribution is 2.16. The molecule has 0 aromatic rings. The summed E-state index contributed by atoms with van der Waals surface area (Å²) in [5.41, 5.74) is 0. The van der Waals surface area contributed by atoms with Crippen LogP contribution < -0.4 is 0 Å². The van der Waals surface area contributed by atoms with E-state index in [1.165, 1.54) is 141 Å². The van der Waals surface area contributed by atoms with Crippen LogP contribution in [0.2, 0.25) is 0 Å². The molecule has 0 aromatic heterocycles. The molecule has 0 spiro atoms. The molecule has 0 aliphatic heterocycles. The maximum atomic E-state index is 12.8. The molecule has 0 fully saturated rings. The lowest BCUT2D eigenvalue weighted by Crippen LogP contribution is -2.30. The number of hydrogen-bond donors (Lipinski definition) is 0. The van der Waals surface area contributed by atoms with E-state index in [1.807, 2.05) is 0 Å². The normalized spacial score (nSPS) is 12.7. The fraction of sp³-hybridized carbons (Fsp3) is 0.721. The van der Waals surface area contributed by atoms with Crippen LogP contribution in [0.3, 0.4) is 0 Å². The van der Waals surface area contributed by atoms with Crippen LogP contribution in [0.15, 0.2) is 97.2 Å². The van der Waals surface area contributed by atoms with E-state index in [2.05, 4.69) is 118 Å². The zero-order valence-corrected chi connectivity index (χ0v) is 48.6. The summed E-state index contributed by atoms with van der Waals surface area (Å²) in [5.74, 6) is -0.922. The Morgan fingerprint density at radius 2 is 0.527 bits per heavy atom. The second-order valence-electron chi connectivity index (χ2n) is 20.5. The van der Waals surface area contributed by atoms with Gasteiger partial charge >= 0.3 is 17.9 Å². The zero-order chi connectivity index (χ0) is 53.6. The average molecular weight is 1030 g/mol. The summed E-state index contributed by atoms with van der Waals surface area (Å²) in [6.45, 7) is 6.37. The van der Waals surface area contributed by atoms with Gasteiger partial charge in [0.1, 0.15) is 13.2 Å². The Balaban J connectivity index is 4.14. The van der Waals surface area contributed by atoms with Gasteiger partial charge in [-0.25, -0.2) is 0 Å². The molecule has 0 bridgehead atoms. The van der Waals surface area contributed by atoms with Crippen molar-refractivity contribution in [2.75, 3.05) is 13.2 Å². The second kappa shape index (κ2) is 61.9. The summed E-state index contributed by atoms with van der Waals surface area (Å²) >= 11 is 0. The lowest BCUT2D eigenvalue weighted by molar-refractivity contribution is -0.167. The van der Waals surface area contributed by atoms with Gasteiger partial charge in [0.2, 0.25) is 0 Å². The minimum Gasteiger partial charge on any atom is -0.462 e. The van der Waals surface area contributed by atoms with Crippen molar-refractivity contribution in [2.45, 2.75) is 303 Å². The van der Waals surface area contributed by atoms with Gasteiger partial charge in [0.25, 0.3) is 0 Å². The van der Waals surface area contributed by atoms with Gasteiger partial charge in [-0.15, -0.1) is 0 Å². The maximum Gasteiger partial charge on any atom is 0.306 e. The number of ether oxygens (including phenoxy) is 3. The number of rotatable bonds is 56. The molecule has 0 aromatic carbocycles. The molecule has 74 heavy (non-hydrogen) atoms. The number of hydrogen-bond acceptors (Lipinski definition) is 6. The van der Waals surface area contributed by atoms with E-state index in [9.17, 15) is 14.4 Å². The molecule has 0 aliphatic carbocycles. The molecule has 0 radical (unpaired) electrons. The number of allylic oxidation sites excluding steroid dienone is 16. The summed E-state index contributed by atoms with van der Waals surface area (Å²) in [5, 5.41) is 0. The minimum absolute atomic E-state index is 0.0896. The summed E-state index contributed by atoms with van der Waals surface area (Å²) in [7, 11) is 0. The van der Waals surface area contributed by atoms with Crippen molar-refractivity contribution in [3.05, 3.63) is 97.2 Å². The Morgan fingerprint density at radius 1 is 0.284 bits per heavy atom. The van der Waals surface area contributed by atoms with Crippen molar-refractivity contribution in [1.29, 1.82) is 0 Å². The van der Waals surface area contributed by atoms with Crippen molar-refractivity contribution in [3.63, 3.8) is 0 Å². The highest BCUT2D eigenvalue weighted by molar-refractivity contribution is 5.71. The lowest BCUT2D eigenvalue weighted by atomic mass is 10.0. The number of unbranched alkanes of at least 4 members (excludes halogenated alkanes) is 29. The van der Waals surface area contributed by atoms with Crippen LogP contribution in [-0.2, 0) is 28.6 Å². The van der Waals surface area contributed by atoms with E-state index in [0.717, 1.165) is 116 Å². The van der Waals surface area contributed by atoms with Crippen LogP contribution in [0.5, 0.6) is 0 Å². The third-order valence-corrected chi connectivity index (χ3v) is 13.3. The SMILES string of the molecule is CC/C=C\C/C=C\C/C=C\C/C=C\CCCCCCCCCCCCCCCCCCCCC(=O)OCC(COC(=O)CCCCCCC/C=C\CCCCC)OC(=O)CCCCC/C=C\C/C=C\C/C=C\CC. The number of carbonyl (C=O) groups is 3. The third kappa shape index (κ3) is 59.2.